The van der Waals surface area contributed by atoms with Crippen molar-refractivity contribution in [1.29, 1.82) is 0 Å². The quantitative estimate of drug-likeness (QED) is 0.637. The standard InChI is InChI=1S/C22H25ClN2O5S2/c1-13-2-7-17-18(10-13)31-22(20(17)21(27)24-15-8-9-32(28,29)12-15)25-19(26)11-30-16-5-3-14(23)4-6-16/h3-6,13,15H,2,7-12H2,1H3,(H,24,27)(H,25,26)/t13-,15-/m0/s1. The van der Waals surface area contributed by atoms with Gasteiger partial charge in [0, 0.05) is 15.9 Å². The third-order valence-corrected chi connectivity index (χ3v) is 8.93. The van der Waals surface area contributed by atoms with Crippen LogP contribution in [0.3, 0.4) is 0 Å². The van der Waals surface area contributed by atoms with E-state index in [9.17, 15) is 18.0 Å². The lowest BCUT2D eigenvalue weighted by Gasteiger charge is -2.19. The van der Waals surface area contributed by atoms with Crippen molar-refractivity contribution < 1.29 is 22.7 Å². The van der Waals surface area contributed by atoms with E-state index < -0.39 is 15.9 Å². The van der Waals surface area contributed by atoms with E-state index in [1.54, 1.807) is 24.3 Å². The van der Waals surface area contributed by atoms with Crippen LogP contribution in [-0.4, -0.2) is 44.4 Å². The summed E-state index contributed by atoms with van der Waals surface area (Å²) in [5.41, 5.74) is 1.42. The van der Waals surface area contributed by atoms with Crippen molar-refractivity contribution in [3.8, 4) is 5.75 Å². The predicted octanol–water partition coefficient (Wildman–Crippen LogP) is 3.46. The fourth-order valence-corrected chi connectivity index (χ4v) is 7.31. The minimum atomic E-state index is -3.11. The highest BCUT2D eigenvalue weighted by Gasteiger charge is 2.33. The van der Waals surface area contributed by atoms with E-state index in [0.717, 1.165) is 29.7 Å². The van der Waals surface area contributed by atoms with Crippen LogP contribution in [0.5, 0.6) is 5.75 Å². The van der Waals surface area contributed by atoms with Gasteiger partial charge in [-0.2, -0.15) is 0 Å². The van der Waals surface area contributed by atoms with Crippen molar-refractivity contribution in [1.82, 2.24) is 5.32 Å². The Bertz CT molecular complexity index is 1130. The van der Waals surface area contributed by atoms with Gasteiger partial charge in [-0.05, 0) is 61.4 Å². The highest BCUT2D eigenvalue weighted by atomic mass is 35.5. The number of carbonyl (C=O) groups is 2. The van der Waals surface area contributed by atoms with E-state index in [1.807, 2.05) is 0 Å². The number of hydrogen-bond donors (Lipinski definition) is 2. The van der Waals surface area contributed by atoms with E-state index in [2.05, 4.69) is 17.6 Å². The molecule has 2 aliphatic rings. The SMILES string of the molecule is C[C@H]1CCc2c(sc(NC(=O)COc3ccc(Cl)cc3)c2C(=O)N[C@H]2CCS(=O)(=O)C2)C1. The molecule has 10 heteroatoms. The molecule has 2 atom stereocenters. The molecule has 0 radical (unpaired) electrons. The molecule has 32 heavy (non-hydrogen) atoms. The Labute approximate surface area is 196 Å². The molecule has 2 aromatic rings. The number of fused-ring (bicyclic) bond motifs is 1. The Balaban J connectivity index is 1.49. The molecule has 1 saturated heterocycles. The Morgan fingerprint density at radius 3 is 2.66 bits per heavy atom. The highest BCUT2D eigenvalue weighted by molar-refractivity contribution is 7.91. The van der Waals surface area contributed by atoms with Gasteiger partial charge in [-0.25, -0.2) is 8.42 Å². The maximum atomic E-state index is 13.1. The second-order valence-corrected chi connectivity index (χ2v) is 12.2. The molecule has 172 valence electrons. The van der Waals surface area contributed by atoms with Crippen LogP contribution in [0.25, 0.3) is 0 Å². The zero-order chi connectivity index (χ0) is 22.9. The van der Waals surface area contributed by atoms with E-state index >= 15 is 0 Å². The first-order valence-corrected chi connectivity index (χ1v) is 13.6. The van der Waals surface area contributed by atoms with Crippen molar-refractivity contribution in [3.63, 3.8) is 0 Å². The van der Waals surface area contributed by atoms with Gasteiger partial charge >= 0.3 is 0 Å². The van der Waals surface area contributed by atoms with Crippen molar-refractivity contribution in [2.75, 3.05) is 23.4 Å². The van der Waals surface area contributed by atoms with Crippen molar-refractivity contribution in [3.05, 3.63) is 45.3 Å². The Morgan fingerprint density at radius 1 is 1.22 bits per heavy atom. The minimum Gasteiger partial charge on any atom is -0.484 e. The number of anilines is 1. The first-order chi connectivity index (χ1) is 15.2. The molecule has 1 aliphatic carbocycles. The molecule has 2 amide bonds. The van der Waals surface area contributed by atoms with Crippen LogP contribution in [0.4, 0.5) is 5.00 Å². The van der Waals surface area contributed by atoms with Crippen LogP contribution in [0.15, 0.2) is 24.3 Å². The van der Waals surface area contributed by atoms with Gasteiger partial charge < -0.3 is 15.4 Å². The second-order valence-electron chi connectivity index (χ2n) is 8.42. The number of ether oxygens (including phenoxy) is 1. The largest absolute Gasteiger partial charge is 0.484 e. The average molecular weight is 497 g/mol. The molecule has 0 bridgehead atoms. The van der Waals surface area contributed by atoms with Crippen LogP contribution in [0.2, 0.25) is 5.02 Å². The molecule has 1 fully saturated rings. The van der Waals surface area contributed by atoms with Crippen molar-refractivity contribution in [2.45, 2.75) is 38.6 Å². The van der Waals surface area contributed by atoms with Gasteiger partial charge in [0.1, 0.15) is 10.8 Å². The van der Waals surface area contributed by atoms with Crippen LogP contribution < -0.4 is 15.4 Å². The van der Waals surface area contributed by atoms with Crippen LogP contribution in [-0.2, 0) is 27.5 Å². The summed E-state index contributed by atoms with van der Waals surface area (Å²) in [6.07, 6.45) is 2.99. The van der Waals surface area contributed by atoms with Gasteiger partial charge in [-0.1, -0.05) is 18.5 Å². The summed E-state index contributed by atoms with van der Waals surface area (Å²) < 4.78 is 29.1. The lowest BCUT2D eigenvalue weighted by Crippen LogP contribution is -2.36. The van der Waals surface area contributed by atoms with Gasteiger partial charge in [-0.3, -0.25) is 9.59 Å². The van der Waals surface area contributed by atoms with Crippen LogP contribution >= 0.6 is 22.9 Å². The van der Waals surface area contributed by atoms with Gasteiger partial charge in [0.15, 0.2) is 16.4 Å². The number of carbonyl (C=O) groups excluding carboxylic acids is 2. The summed E-state index contributed by atoms with van der Waals surface area (Å²) >= 11 is 7.28. The Hall–Kier alpha value is -2.10. The maximum absolute atomic E-state index is 13.1. The fraction of sp³-hybridized carbons (Fsp3) is 0.455. The van der Waals surface area contributed by atoms with Gasteiger partial charge in [0.25, 0.3) is 11.8 Å². The van der Waals surface area contributed by atoms with Gasteiger partial charge in [0.2, 0.25) is 0 Å². The fourth-order valence-electron chi connectivity index (χ4n) is 4.09. The molecule has 2 N–H and O–H groups in total. The zero-order valence-electron chi connectivity index (χ0n) is 17.6. The van der Waals surface area contributed by atoms with Crippen LogP contribution in [0.1, 0.15) is 40.6 Å². The molecule has 0 unspecified atom stereocenters. The number of amides is 2. The van der Waals surface area contributed by atoms with E-state index in [4.69, 9.17) is 16.3 Å². The Kier molecular flexibility index (Phi) is 6.78. The molecule has 0 spiro atoms. The molecular weight excluding hydrogens is 472 g/mol. The van der Waals surface area contributed by atoms with Crippen LogP contribution in [0, 0.1) is 5.92 Å². The summed E-state index contributed by atoms with van der Waals surface area (Å²) in [6.45, 7) is 1.96. The third-order valence-electron chi connectivity index (χ3n) is 5.74. The lowest BCUT2D eigenvalue weighted by molar-refractivity contribution is -0.118. The topological polar surface area (TPSA) is 102 Å². The summed E-state index contributed by atoms with van der Waals surface area (Å²) in [6, 6.07) is 6.30. The van der Waals surface area contributed by atoms with E-state index in [0.29, 0.717) is 33.7 Å². The molecule has 1 aromatic heterocycles. The zero-order valence-corrected chi connectivity index (χ0v) is 20.0. The summed E-state index contributed by atoms with van der Waals surface area (Å²) in [7, 11) is -3.11. The van der Waals surface area contributed by atoms with Crippen molar-refractivity contribution in [2.24, 2.45) is 5.92 Å². The summed E-state index contributed by atoms with van der Waals surface area (Å²) in [5.74, 6) is 0.372. The number of thiophene rings is 1. The van der Waals surface area contributed by atoms with Crippen molar-refractivity contribution >= 4 is 49.6 Å². The van der Waals surface area contributed by atoms with Gasteiger partial charge in [-0.15, -0.1) is 11.3 Å². The average Bonchev–Trinajstić information content (AvgIpc) is 3.25. The first-order valence-electron chi connectivity index (χ1n) is 10.5. The van der Waals surface area contributed by atoms with E-state index in [1.165, 1.54) is 11.3 Å². The number of rotatable bonds is 6. The molecule has 7 nitrogen and oxygen atoms in total. The first kappa shape index (κ1) is 23.1. The number of hydrogen-bond acceptors (Lipinski definition) is 6. The highest BCUT2D eigenvalue weighted by Crippen LogP contribution is 2.39. The number of benzene rings is 1. The lowest BCUT2D eigenvalue weighted by atomic mass is 9.88. The summed E-state index contributed by atoms with van der Waals surface area (Å²) in [4.78, 5) is 26.8. The monoisotopic (exact) mass is 496 g/mol. The Morgan fingerprint density at radius 2 is 1.97 bits per heavy atom. The third kappa shape index (κ3) is 5.44. The number of sulfone groups is 1. The normalized spacial score (nSPS) is 21.6. The number of halogens is 1. The maximum Gasteiger partial charge on any atom is 0.262 e. The smallest absolute Gasteiger partial charge is 0.262 e. The molecule has 2 heterocycles. The predicted molar refractivity (Wildman–Crippen MR) is 126 cm³/mol. The molecule has 4 rings (SSSR count). The van der Waals surface area contributed by atoms with E-state index in [-0.39, 0.29) is 29.9 Å². The molecule has 1 aromatic carbocycles. The molecule has 0 saturated carbocycles. The number of nitrogens with one attached hydrogen (secondary N) is 2. The second kappa shape index (κ2) is 9.41. The molecular formula is C22H25ClN2O5S2. The minimum absolute atomic E-state index is 0.0429. The summed E-state index contributed by atoms with van der Waals surface area (Å²) in [5, 5.41) is 6.77. The van der Waals surface area contributed by atoms with Gasteiger partial charge in [0.05, 0.1) is 17.1 Å². The molecule has 1 aliphatic heterocycles.